The van der Waals surface area contributed by atoms with Gasteiger partial charge in [0.2, 0.25) is 0 Å². The van der Waals surface area contributed by atoms with Gasteiger partial charge in [-0.1, -0.05) is 30.7 Å². The summed E-state index contributed by atoms with van der Waals surface area (Å²) in [6.07, 6.45) is 2.00. The predicted octanol–water partition coefficient (Wildman–Crippen LogP) is 0.0847. The lowest BCUT2D eigenvalue weighted by Crippen LogP contribution is -3.00. The molecule has 0 amide bonds. The molecule has 1 nitrogen and oxygen atoms in total. The van der Waals surface area contributed by atoms with Crippen LogP contribution in [0.3, 0.4) is 0 Å². The molecule has 0 radical (unpaired) electrons. The first-order chi connectivity index (χ1) is 8.26. The molecule has 18 heavy (non-hydrogen) atoms. The fraction of sp³-hybridized carbons (Fsp3) is 0.375. The van der Waals surface area contributed by atoms with Gasteiger partial charge in [-0.25, -0.2) is 0 Å². The van der Waals surface area contributed by atoms with Crippen LogP contribution in [-0.4, -0.2) is 30.7 Å². The highest BCUT2D eigenvalue weighted by molar-refractivity contribution is 5.33. The minimum atomic E-state index is 0. The van der Waals surface area contributed by atoms with Crippen LogP contribution in [0.25, 0.3) is 0 Å². The Morgan fingerprint density at radius 2 is 1.78 bits per heavy atom. The van der Waals surface area contributed by atoms with E-state index in [1.54, 1.807) is 0 Å². The molecule has 0 spiro atoms. The molecular formula is C16H22BrN. The van der Waals surface area contributed by atoms with Crippen molar-refractivity contribution in [2.24, 2.45) is 0 Å². The summed E-state index contributed by atoms with van der Waals surface area (Å²) in [5.41, 5.74) is 1.09. The van der Waals surface area contributed by atoms with Crippen molar-refractivity contribution in [2.75, 3.05) is 26.2 Å². The molecule has 1 aromatic carbocycles. The second-order valence-corrected chi connectivity index (χ2v) is 4.27. The molecule has 2 heteroatoms. The van der Waals surface area contributed by atoms with Crippen LogP contribution in [0.5, 0.6) is 0 Å². The minimum absolute atomic E-state index is 0. The Bertz CT molecular complexity index is 396. The third-order valence-corrected chi connectivity index (χ3v) is 3.28. The highest BCUT2D eigenvalue weighted by Crippen LogP contribution is 2.05. The van der Waals surface area contributed by atoms with Crippen molar-refractivity contribution in [1.82, 2.24) is 0 Å². The monoisotopic (exact) mass is 307 g/mol. The molecule has 0 aliphatic carbocycles. The van der Waals surface area contributed by atoms with E-state index in [9.17, 15) is 0 Å². The molecule has 0 heterocycles. The largest absolute Gasteiger partial charge is 1.00 e. The average molecular weight is 308 g/mol. The molecular weight excluding hydrogens is 286 g/mol. The molecule has 0 aromatic heterocycles. The number of hydrogen-bond donors (Lipinski definition) is 0. The first kappa shape index (κ1) is 17.0. The summed E-state index contributed by atoms with van der Waals surface area (Å²) in [5, 5.41) is 0. The molecule has 0 saturated heterocycles. The molecule has 0 N–H and O–H groups in total. The molecule has 0 bridgehead atoms. The molecule has 1 rings (SSSR count). The van der Waals surface area contributed by atoms with Gasteiger partial charge in [0.15, 0.2) is 0 Å². The van der Waals surface area contributed by atoms with Gasteiger partial charge in [-0.15, -0.1) is 0 Å². The highest BCUT2D eigenvalue weighted by Gasteiger charge is 2.19. The number of halogens is 1. The van der Waals surface area contributed by atoms with Crippen LogP contribution in [0.2, 0.25) is 0 Å². The molecule has 0 atom stereocenters. The van der Waals surface area contributed by atoms with Gasteiger partial charge in [0.05, 0.1) is 19.6 Å². The predicted molar refractivity (Wildman–Crippen MR) is 74.6 cm³/mol. The average Bonchev–Trinajstić information content (AvgIpc) is 2.39. The smallest absolute Gasteiger partial charge is 0.141 e. The molecule has 0 saturated carbocycles. The van der Waals surface area contributed by atoms with Crippen molar-refractivity contribution in [2.45, 2.75) is 13.8 Å². The Labute approximate surface area is 122 Å². The van der Waals surface area contributed by atoms with E-state index in [0.29, 0.717) is 0 Å². The third-order valence-electron chi connectivity index (χ3n) is 3.28. The normalized spacial score (nSPS) is 9.89. The first-order valence-corrected chi connectivity index (χ1v) is 6.26. The van der Waals surface area contributed by atoms with Crippen molar-refractivity contribution >= 4 is 0 Å². The van der Waals surface area contributed by atoms with Gasteiger partial charge in [0.1, 0.15) is 6.54 Å². The van der Waals surface area contributed by atoms with Crippen LogP contribution >= 0.6 is 0 Å². The van der Waals surface area contributed by atoms with Gasteiger partial charge >= 0.3 is 0 Å². The molecule has 1 aromatic rings. The van der Waals surface area contributed by atoms with E-state index in [0.717, 1.165) is 36.2 Å². The Balaban J connectivity index is 0.00000289. The summed E-state index contributed by atoms with van der Waals surface area (Å²) in [5.74, 6) is 6.53. The fourth-order valence-electron chi connectivity index (χ4n) is 1.87. The van der Waals surface area contributed by atoms with Gasteiger partial charge < -0.3 is 21.5 Å². The topological polar surface area (TPSA) is 0 Å². The Morgan fingerprint density at radius 1 is 1.17 bits per heavy atom. The van der Waals surface area contributed by atoms with Gasteiger partial charge in [-0.2, -0.15) is 0 Å². The molecule has 0 aliphatic heterocycles. The minimum Gasteiger partial charge on any atom is -1.00 e. The number of hydrogen-bond acceptors (Lipinski definition) is 0. The summed E-state index contributed by atoms with van der Waals surface area (Å²) in [6, 6.07) is 10.2. The number of rotatable bonds is 5. The van der Waals surface area contributed by atoms with Crippen molar-refractivity contribution in [3.05, 3.63) is 48.6 Å². The van der Waals surface area contributed by atoms with Gasteiger partial charge in [-0.3, -0.25) is 0 Å². The molecule has 98 valence electrons. The van der Waals surface area contributed by atoms with E-state index >= 15 is 0 Å². The second-order valence-electron chi connectivity index (χ2n) is 4.27. The zero-order valence-corrected chi connectivity index (χ0v) is 12.9. The van der Waals surface area contributed by atoms with Crippen molar-refractivity contribution in [3.63, 3.8) is 0 Å². The third kappa shape index (κ3) is 5.08. The Kier molecular flexibility index (Phi) is 8.45. The van der Waals surface area contributed by atoms with Crippen LogP contribution < -0.4 is 17.0 Å². The number of nitrogens with zero attached hydrogens (tertiary/aromatic N) is 1. The van der Waals surface area contributed by atoms with Crippen molar-refractivity contribution in [3.8, 4) is 11.8 Å². The van der Waals surface area contributed by atoms with E-state index in [-0.39, 0.29) is 17.0 Å². The van der Waals surface area contributed by atoms with E-state index in [4.69, 9.17) is 0 Å². The summed E-state index contributed by atoms with van der Waals surface area (Å²) < 4.78 is 1.00. The number of quaternary nitrogens is 1. The molecule has 0 fully saturated rings. The van der Waals surface area contributed by atoms with E-state index in [2.05, 4.69) is 32.3 Å². The maximum absolute atomic E-state index is 3.84. The van der Waals surface area contributed by atoms with Crippen molar-refractivity contribution < 1.29 is 21.5 Å². The second kappa shape index (κ2) is 8.97. The van der Waals surface area contributed by atoms with Crippen LogP contribution in [0.1, 0.15) is 19.4 Å². The van der Waals surface area contributed by atoms with E-state index in [1.165, 1.54) is 0 Å². The molecule has 0 unspecified atom stereocenters. The highest BCUT2D eigenvalue weighted by atomic mass is 79.9. The van der Waals surface area contributed by atoms with E-state index < -0.39 is 0 Å². The van der Waals surface area contributed by atoms with Crippen molar-refractivity contribution in [1.29, 1.82) is 0 Å². The quantitative estimate of drug-likeness (QED) is 0.411. The maximum Gasteiger partial charge on any atom is 0.141 e. The van der Waals surface area contributed by atoms with Crippen LogP contribution in [0.4, 0.5) is 0 Å². The molecule has 0 aliphatic rings. The fourth-order valence-corrected chi connectivity index (χ4v) is 1.87. The summed E-state index contributed by atoms with van der Waals surface area (Å²) >= 11 is 0. The van der Waals surface area contributed by atoms with Crippen LogP contribution in [0, 0.1) is 11.8 Å². The van der Waals surface area contributed by atoms with Gasteiger partial charge in [0, 0.05) is 5.56 Å². The van der Waals surface area contributed by atoms with E-state index in [1.807, 2.05) is 36.4 Å². The number of likely N-dealkylation sites (N-methyl/N-ethyl adjacent to an activating group) is 1. The zero-order valence-electron chi connectivity index (χ0n) is 11.3. The van der Waals surface area contributed by atoms with Gasteiger partial charge in [0.25, 0.3) is 0 Å². The first-order valence-electron chi connectivity index (χ1n) is 6.26. The lowest BCUT2D eigenvalue weighted by atomic mass is 10.2. The van der Waals surface area contributed by atoms with Crippen LogP contribution in [-0.2, 0) is 0 Å². The SMILES string of the molecule is C=CC[N+](CC)(CC)CC#Cc1ccccc1.[Br-]. The lowest BCUT2D eigenvalue weighted by molar-refractivity contribution is -0.912. The standard InChI is InChI=1S/C16H22N.BrH/c1-4-14-17(5-2,6-3)15-10-13-16-11-8-7-9-12-16;/h4,7-9,11-12H,1,5-6,14-15H2,2-3H3;1H/q+1;/p-1. The Morgan fingerprint density at radius 3 is 2.28 bits per heavy atom. The summed E-state index contributed by atoms with van der Waals surface area (Å²) in [4.78, 5) is 0. The van der Waals surface area contributed by atoms with Gasteiger partial charge in [-0.05, 0) is 38.0 Å². The summed E-state index contributed by atoms with van der Waals surface area (Å²) in [6.45, 7) is 12.4. The Hall–Kier alpha value is -1.04. The van der Waals surface area contributed by atoms with Crippen LogP contribution in [0.15, 0.2) is 43.0 Å². The summed E-state index contributed by atoms with van der Waals surface area (Å²) in [7, 11) is 0. The lowest BCUT2D eigenvalue weighted by Gasteiger charge is -2.33. The maximum atomic E-state index is 3.84. The zero-order chi connectivity index (χ0) is 12.6. The number of benzene rings is 1.